The fraction of sp³-hybridized carbons (Fsp3) is 0.417. The lowest BCUT2D eigenvalue weighted by Crippen LogP contribution is -2.06. The third kappa shape index (κ3) is 2.88. The van der Waals surface area contributed by atoms with Crippen LogP contribution >= 0.6 is 0 Å². The van der Waals surface area contributed by atoms with Gasteiger partial charge in [0.2, 0.25) is 0 Å². The van der Waals surface area contributed by atoms with Crippen LogP contribution in [-0.4, -0.2) is 39.5 Å². The predicted octanol–water partition coefficient (Wildman–Crippen LogP) is 1.26. The molecule has 1 atom stereocenters. The minimum Gasteiger partial charge on any atom is -0.493 e. The molecule has 0 saturated carbocycles. The molecule has 1 heterocycles. The highest BCUT2D eigenvalue weighted by Crippen LogP contribution is 2.29. The van der Waals surface area contributed by atoms with Gasteiger partial charge >= 0.3 is 5.97 Å². The minimum atomic E-state index is -0.402. The average molecular weight is 238 g/mol. The quantitative estimate of drug-likeness (QED) is 0.571. The third-order valence-corrected chi connectivity index (χ3v) is 2.41. The Morgan fingerprint density at radius 3 is 2.76 bits per heavy atom. The van der Waals surface area contributed by atoms with Gasteiger partial charge in [-0.2, -0.15) is 0 Å². The molecule has 1 aromatic carbocycles. The molecule has 1 fully saturated rings. The number of epoxide rings is 1. The second-order valence-electron chi connectivity index (χ2n) is 3.62. The van der Waals surface area contributed by atoms with Crippen molar-refractivity contribution in [2.75, 3.05) is 27.4 Å². The Kier molecular flexibility index (Phi) is 3.49. The van der Waals surface area contributed by atoms with Crippen LogP contribution in [0, 0.1) is 0 Å². The second-order valence-corrected chi connectivity index (χ2v) is 3.62. The maximum absolute atomic E-state index is 11.3. The van der Waals surface area contributed by atoms with Gasteiger partial charge in [-0.15, -0.1) is 0 Å². The van der Waals surface area contributed by atoms with Crippen molar-refractivity contribution >= 4 is 5.97 Å². The molecule has 0 amide bonds. The van der Waals surface area contributed by atoms with Crippen molar-refractivity contribution in [1.29, 1.82) is 0 Å². The van der Waals surface area contributed by atoms with Gasteiger partial charge < -0.3 is 18.9 Å². The van der Waals surface area contributed by atoms with E-state index in [1.54, 1.807) is 18.2 Å². The van der Waals surface area contributed by atoms with Crippen molar-refractivity contribution in [2.24, 2.45) is 0 Å². The zero-order valence-electron chi connectivity index (χ0n) is 9.76. The smallest absolute Gasteiger partial charge is 0.337 e. The molecule has 1 aliphatic heterocycles. The summed E-state index contributed by atoms with van der Waals surface area (Å²) in [6.07, 6.45) is 0.181. The maximum atomic E-state index is 11.3. The molecule has 0 bridgehead atoms. The van der Waals surface area contributed by atoms with Crippen LogP contribution < -0.4 is 9.47 Å². The number of benzene rings is 1. The van der Waals surface area contributed by atoms with Gasteiger partial charge in [0.25, 0.3) is 0 Å². The topological polar surface area (TPSA) is 57.3 Å². The lowest BCUT2D eigenvalue weighted by molar-refractivity contribution is 0.0600. The largest absolute Gasteiger partial charge is 0.493 e. The Morgan fingerprint density at radius 1 is 1.41 bits per heavy atom. The molecular weight excluding hydrogens is 224 g/mol. The molecule has 1 aromatic rings. The zero-order chi connectivity index (χ0) is 12.3. The predicted molar refractivity (Wildman–Crippen MR) is 59.6 cm³/mol. The molecule has 5 nitrogen and oxygen atoms in total. The number of methoxy groups -OCH3 is 2. The maximum Gasteiger partial charge on any atom is 0.337 e. The van der Waals surface area contributed by atoms with Gasteiger partial charge in [-0.25, -0.2) is 4.79 Å². The van der Waals surface area contributed by atoms with Crippen LogP contribution in [0.4, 0.5) is 0 Å². The van der Waals surface area contributed by atoms with E-state index < -0.39 is 5.97 Å². The number of esters is 1. The van der Waals surface area contributed by atoms with Gasteiger partial charge in [0, 0.05) is 0 Å². The molecular formula is C12H14O5. The number of hydrogen-bond donors (Lipinski definition) is 0. The van der Waals surface area contributed by atoms with Crippen molar-refractivity contribution in [3.8, 4) is 11.5 Å². The summed E-state index contributed by atoms with van der Waals surface area (Å²) in [5.41, 5.74) is 0.430. The first kappa shape index (κ1) is 11.7. The monoisotopic (exact) mass is 238 g/mol. The lowest BCUT2D eigenvalue weighted by atomic mass is 10.2. The molecule has 1 saturated heterocycles. The first-order valence-electron chi connectivity index (χ1n) is 5.25. The molecule has 17 heavy (non-hydrogen) atoms. The summed E-state index contributed by atoms with van der Waals surface area (Å²) in [6, 6.07) is 4.92. The molecule has 0 aromatic heterocycles. The highest BCUT2D eigenvalue weighted by Gasteiger charge is 2.23. The Bertz CT molecular complexity index is 411. The van der Waals surface area contributed by atoms with Gasteiger partial charge in [-0.05, 0) is 18.2 Å². The second kappa shape index (κ2) is 5.05. The third-order valence-electron chi connectivity index (χ3n) is 2.41. The molecule has 92 valence electrons. The summed E-state index contributed by atoms with van der Waals surface area (Å²) in [6.45, 7) is 1.23. The number of hydrogen-bond acceptors (Lipinski definition) is 5. The molecule has 0 N–H and O–H groups in total. The van der Waals surface area contributed by atoms with E-state index in [0.717, 1.165) is 6.61 Å². The van der Waals surface area contributed by atoms with E-state index >= 15 is 0 Å². The zero-order valence-corrected chi connectivity index (χ0v) is 9.76. The van der Waals surface area contributed by atoms with Crippen molar-refractivity contribution in [2.45, 2.75) is 6.10 Å². The van der Waals surface area contributed by atoms with E-state index in [1.165, 1.54) is 14.2 Å². The van der Waals surface area contributed by atoms with Crippen molar-refractivity contribution < 1.29 is 23.7 Å². The van der Waals surface area contributed by atoms with Gasteiger partial charge in [0.05, 0.1) is 26.4 Å². The van der Waals surface area contributed by atoms with Crippen molar-refractivity contribution in [3.05, 3.63) is 23.8 Å². The summed E-state index contributed by atoms with van der Waals surface area (Å²) in [5.74, 6) is 0.699. The number of carbonyl (C=O) groups is 1. The van der Waals surface area contributed by atoms with Gasteiger partial charge in [0.1, 0.15) is 12.7 Å². The Labute approximate surface area is 99.2 Å². The van der Waals surface area contributed by atoms with Crippen LogP contribution in [0.25, 0.3) is 0 Å². The highest BCUT2D eigenvalue weighted by molar-refractivity contribution is 5.90. The summed E-state index contributed by atoms with van der Waals surface area (Å²) in [7, 11) is 2.86. The standard InChI is InChI=1S/C12H14O5/c1-14-11-5-8(12(13)15-2)3-4-10(11)17-7-9-6-16-9/h3-5,9H,6-7H2,1-2H3. The van der Waals surface area contributed by atoms with Crippen molar-refractivity contribution in [1.82, 2.24) is 0 Å². The van der Waals surface area contributed by atoms with E-state index in [4.69, 9.17) is 14.2 Å². The van der Waals surface area contributed by atoms with Crippen LogP contribution in [0.3, 0.4) is 0 Å². The Hall–Kier alpha value is -1.75. The van der Waals surface area contributed by atoms with E-state index in [9.17, 15) is 4.79 Å². The first-order valence-corrected chi connectivity index (χ1v) is 5.25. The highest BCUT2D eigenvalue weighted by atomic mass is 16.6. The minimum absolute atomic E-state index is 0.181. The Balaban J connectivity index is 2.11. The molecule has 0 aliphatic carbocycles. The molecule has 0 spiro atoms. The van der Waals surface area contributed by atoms with E-state index in [-0.39, 0.29) is 6.10 Å². The van der Waals surface area contributed by atoms with Crippen LogP contribution in [0.5, 0.6) is 11.5 Å². The van der Waals surface area contributed by atoms with Gasteiger partial charge in [-0.1, -0.05) is 0 Å². The fourth-order valence-electron chi connectivity index (χ4n) is 1.38. The van der Waals surface area contributed by atoms with E-state index in [0.29, 0.717) is 23.7 Å². The summed E-state index contributed by atoms with van der Waals surface area (Å²) in [5, 5.41) is 0. The summed E-state index contributed by atoms with van der Waals surface area (Å²) < 4.78 is 20.3. The van der Waals surface area contributed by atoms with Crippen LogP contribution in [-0.2, 0) is 9.47 Å². The fourth-order valence-corrected chi connectivity index (χ4v) is 1.38. The number of rotatable bonds is 5. The lowest BCUT2D eigenvalue weighted by Gasteiger charge is -2.10. The molecule has 5 heteroatoms. The van der Waals surface area contributed by atoms with Crippen LogP contribution in [0.2, 0.25) is 0 Å². The molecule has 1 unspecified atom stereocenters. The van der Waals surface area contributed by atoms with E-state index in [2.05, 4.69) is 4.74 Å². The normalized spacial score (nSPS) is 17.4. The first-order chi connectivity index (χ1) is 8.24. The SMILES string of the molecule is COC(=O)c1ccc(OCC2CO2)c(OC)c1. The number of ether oxygens (including phenoxy) is 4. The Morgan fingerprint density at radius 2 is 2.18 bits per heavy atom. The summed E-state index contributed by atoms with van der Waals surface area (Å²) in [4.78, 5) is 11.3. The van der Waals surface area contributed by atoms with Gasteiger partial charge in [0.15, 0.2) is 11.5 Å². The molecule has 0 radical (unpaired) electrons. The summed E-state index contributed by atoms with van der Waals surface area (Å²) >= 11 is 0. The molecule has 2 rings (SSSR count). The molecule has 1 aliphatic rings. The van der Waals surface area contributed by atoms with Crippen LogP contribution in [0.1, 0.15) is 10.4 Å². The van der Waals surface area contributed by atoms with E-state index in [1.807, 2.05) is 0 Å². The van der Waals surface area contributed by atoms with Crippen LogP contribution in [0.15, 0.2) is 18.2 Å². The average Bonchev–Trinajstić information content (AvgIpc) is 3.19. The van der Waals surface area contributed by atoms with Crippen molar-refractivity contribution in [3.63, 3.8) is 0 Å². The van der Waals surface area contributed by atoms with Gasteiger partial charge in [-0.3, -0.25) is 0 Å². The number of carbonyl (C=O) groups excluding carboxylic acids is 1.